The lowest BCUT2D eigenvalue weighted by Crippen LogP contribution is -2.58. The third-order valence-electron chi connectivity index (χ3n) is 3.81. The molecular formula is C13H19F2N3O. The molecule has 0 spiro atoms. The molecule has 2 rings (SSSR count). The number of aromatic nitrogens is 1. The summed E-state index contributed by atoms with van der Waals surface area (Å²) in [6.07, 6.45) is 0.898. The number of hydrogen-bond donors (Lipinski definition) is 2. The highest BCUT2D eigenvalue weighted by atomic mass is 19.1. The minimum Gasteiger partial charge on any atom is -0.381 e. The van der Waals surface area contributed by atoms with Gasteiger partial charge in [-0.3, -0.25) is 0 Å². The number of ether oxygens (including phenoxy) is 1. The van der Waals surface area contributed by atoms with Crippen molar-refractivity contribution in [2.24, 2.45) is 5.41 Å². The number of nitrogens with two attached hydrogens (primary N) is 1. The van der Waals surface area contributed by atoms with Gasteiger partial charge in [-0.1, -0.05) is 13.8 Å². The van der Waals surface area contributed by atoms with Crippen molar-refractivity contribution >= 4 is 11.6 Å². The van der Waals surface area contributed by atoms with Crippen molar-refractivity contribution in [1.29, 1.82) is 0 Å². The lowest BCUT2D eigenvalue weighted by Gasteiger charge is -2.51. The maximum atomic E-state index is 13.6. The van der Waals surface area contributed by atoms with Crippen LogP contribution in [0.15, 0.2) is 6.07 Å². The van der Waals surface area contributed by atoms with Crippen LogP contribution in [0.2, 0.25) is 0 Å². The highest BCUT2D eigenvalue weighted by molar-refractivity contribution is 5.46. The third-order valence-corrected chi connectivity index (χ3v) is 3.81. The first-order chi connectivity index (χ1) is 8.86. The SMILES string of the molecule is CCOC1CC(Nc2nc(N)c(F)cc2F)C1(C)C. The smallest absolute Gasteiger partial charge is 0.168 e. The molecule has 1 aromatic rings. The van der Waals surface area contributed by atoms with Crippen LogP contribution in [0.4, 0.5) is 20.4 Å². The average molecular weight is 271 g/mol. The van der Waals surface area contributed by atoms with Crippen LogP contribution in [0, 0.1) is 17.0 Å². The standard InChI is InChI=1S/C13H19F2N3O/c1-4-19-10-6-9(13(10,2)3)17-12-8(15)5-7(14)11(16)18-12/h5,9-10H,4,6H2,1-3H3,(H3,16,17,18). The predicted molar refractivity (Wildman–Crippen MR) is 69.8 cm³/mol. The van der Waals surface area contributed by atoms with Gasteiger partial charge in [0.05, 0.1) is 6.10 Å². The summed E-state index contributed by atoms with van der Waals surface area (Å²) in [5.41, 5.74) is 5.22. The topological polar surface area (TPSA) is 60.2 Å². The largest absolute Gasteiger partial charge is 0.381 e. The number of nitrogens with one attached hydrogen (secondary N) is 1. The highest BCUT2D eigenvalue weighted by Gasteiger charge is 2.49. The van der Waals surface area contributed by atoms with Crippen molar-refractivity contribution in [3.05, 3.63) is 17.7 Å². The molecule has 0 aromatic carbocycles. The van der Waals surface area contributed by atoms with Gasteiger partial charge in [-0.15, -0.1) is 0 Å². The van der Waals surface area contributed by atoms with Gasteiger partial charge in [-0.05, 0) is 13.3 Å². The molecule has 2 atom stereocenters. The zero-order valence-electron chi connectivity index (χ0n) is 11.3. The summed E-state index contributed by atoms with van der Waals surface area (Å²) in [5, 5.41) is 2.98. The van der Waals surface area contributed by atoms with Gasteiger partial charge in [0.2, 0.25) is 0 Å². The Labute approximate surface area is 111 Å². The van der Waals surface area contributed by atoms with Gasteiger partial charge in [0.1, 0.15) is 0 Å². The fourth-order valence-corrected chi connectivity index (χ4v) is 2.36. The van der Waals surface area contributed by atoms with E-state index in [-0.39, 0.29) is 29.2 Å². The Hall–Kier alpha value is -1.43. The van der Waals surface area contributed by atoms with Gasteiger partial charge in [-0.25, -0.2) is 13.8 Å². The normalized spacial score (nSPS) is 24.9. The number of pyridine rings is 1. The van der Waals surface area contributed by atoms with E-state index in [0.717, 1.165) is 12.5 Å². The molecule has 1 heterocycles. The Morgan fingerprint density at radius 3 is 2.74 bits per heavy atom. The summed E-state index contributed by atoms with van der Waals surface area (Å²) in [4.78, 5) is 3.71. The van der Waals surface area contributed by atoms with Gasteiger partial charge in [-0.2, -0.15) is 0 Å². The van der Waals surface area contributed by atoms with Crippen molar-refractivity contribution in [2.45, 2.75) is 39.3 Å². The molecule has 1 saturated carbocycles. The van der Waals surface area contributed by atoms with Gasteiger partial charge >= 0.3 is 0 Å². The molecule has 0 saturated heterocycles. The molecule has 19 heavy (non-hydrogen) atoms. The van der Waals surface area contributed by atoms with E-state index in [1.54, 1.807) is 0 Å². The molecule has 0 aliphatic heterocycles. The molecule has 1 fully saturated rings. The van der Waals surface area contributed by atoms with E-state index in [4.69, 9.17) is 10.5 Å². The number of nitrogen functional groups attached to an aromatic ring is 1. The van der Waals surface area contributed by atoms with Crippen LogP contribution in [0.1, 0.15) is 27.2 Å². The van der Waals surface area contributed by atoms with E-state index in [2.05, 4.69) is 10.3 Å². The Bertz CT molecular complexity index is 479. The third kappa shape index (κ3) is 2.49. The number of nitrogens with zero attached hydrogens (tertiary/aromatic N) is 1. The molecular weight excluding hydrogens is 252 g/mol. The van der Waals surface area contributed by atoms with Crippen LogP contribution >= 0.6 is 0 Å². The first kappa shape index (κ1) is 14.0. The second-order valence-electron chi connectivity index (χ2n) is 5.38. The Morgan fingerprint density at radius 2 is 2.16 bits per heavy atom. The Morgan fingerprint density at radius 1 is 1.47 bits per heavy atom. The molecule has 0 radical (unpaired) electrons. The summed E-state index contributed by atoms with van der Waals surface area (Å²) in [7, 11) is 0. The van der Waals surface area contributed by atoms with Crippen molar-refractivity contribution < 1.29 is 13.5 Å². The number of rotatable bonds is 4. The zero-order chi connectivity index (χ0) is 14.2. The van der Waals surface area contributed by atoms with Gasteiger partial charge in [0, 0.05) is 24.1 Å². The second kappa shape index (κ2) is 4.92. The molecule has 4 nitrogen and oxygen atoms in total. The molecule has 1 aromatic heterocycles. The van der Waals surface area contributed by atoms with E-state index in [9.17, 15) is 8.78 Å². The van der Waals surface area contributed by atoms with Crippen LogP contribution in [0.5, 0.6) is 0 Å². The van der Waals surface area contributed by atoms with E-state index in [0.29, 0.717) is 6.61 Å². The molecule has 0 amide bonds. The van der Waals surface area contributed by atoms with E-state index in [1.165, 1.54) is 0 Å². The maximum Gasteiger partial charge on any atom is 0.168 e. The monoisotopic (exact) mass is 271 g/mol. The molecule has 1 aliphatic carbocycles. The van der Waals surface area contributed by atoms with E-state index >= 15 is 0 Å². The fourth-order valence-electron chi connectivity index (χ4n) is 2.36. The molecule has 3 N–H and O–H groups in total. The average Bonchev–Trinajstić information content (AvgIpc) is 2.34. The van der Waals surface area contributed by atoms with Gasteiger partial charge in [0.15, 0.2) is 23.3 Å². The van der Waals surface area contributed by atoms with Crippen LogP contribution < -0.4 is 11.1 Å². The minimum absolute atomic E-state index is 0.00748. The Kier molecular flexibility index (Phi) is 3.62. The van der Waals surface area contributed by atoms with Gasteiger partial charge in [0.25, 0.3) is 0 Å². The first-order valence-electron chi connectivity index (χ1n) is 6.36. The van der Waals surface area contributed by atoms with Crippen molar-refractivity contribution in [3.8, 4) is 0 Å². The van der Waals surface area contributed by atoms with Crippen LogP contribution in [0.25, 0.3) is 0 Å². The molecule has 0 bridgehead atoms. The number of anilines is 2. The summed E-state index contributed by atoms with van der Waals surface area (Å²) >= 11 is 0. The summed E-state index contributed by atoms with van der Waals surface area (Å²) in [6, 6.07) is 0.770. The molecule has 2 unspecified atom stereocenters. The quantitative estimate of drug-likeness (QED) is 0.883. The lowest BCUT2D eigenvalue weighted by molar-refractivity contribution is -0.0977. The van der Waals surface area contributed by atoms with Crippen molar-refractivity contribution in [2.75, 3.05) is 17.7 Å². The Balaban J connectivity index is 2.09. The summed E-state index contributed by atoms with van der Waals surface area (Å²) in [5.74, 6) is -1.89. The van der Waals surface area contributed by atoms with Gasteiger partial charge < -0.3 is 15.8 Å². The fraction of sp³-hybridized carbons (Fsp3) is 0.615. The zero-order valence-corrected chi connectivity index (χ0v) is 11.3. The highest BCUT2D eigenvalue weighted by Crippen LogP contribution is 2.44. The second-order valence-corrected chi connectivity index (χ2v) is 5.38. The summed E-state index contributed by atoms with van der Waals surface area (Å²) < 4.78 is 32.2. The van der Waals surface area contributed by atoms with Crippen LogP contribution in [0.3, 0.4) is 0 Å². The lowest BCUT2D eigenvalue weighted by atomic mass is 9.64. The van der Waals surface area contributed by atoms with Crippen molar-refractivity contribution in [3.63, 3.8) is 0 Å². The number of hydrogen-bond acceptors (Lipinski definition) is 4. The first-order valence-corrected chi connectivity index (χ1v) is 6.36. The predicted octanol–water partition coefficient (Wildman–Crippen LogP) is 2.56. The number of halogens is 2. The van der Waals surface area contributed by atoms with Crippen LogP contribution in [-0.4, -0.2) is 23.7 Å². The molecule has 106 valence electrons. The molecule has 1 aliphatic rings. The summed E-state index contributed by atoms with van der Waals surface area (Å²) in [6.45, 7) is 6.67. The van der Waals surface area contributed by atoms with E-state index < -0.39 is 11.6 Å². The maximum absolute atomic E-state index is 13.6. The van der Waals surface area contributed by atoms with Crippen LogP contribution in [-0.2, 0) is 4.74 Å². The van der Waals surface area contributed by atoms with Crippen molar-refractivity contribution in [1.82, 2.24) is 4.98 Å². The van der Waals surface area contributed by atoms with E-state index in [1.807, 2.05) is 20.8 Å². The molecule has 6 heteroatoms. The minimum atomic E-state index is -0.844.